The molecule has 2 aromatic carbocycles. The number of hydrogen-bond donors (Lipinski definition) is 1. The van der Waals surface area contributed by atoms with E-state index in [-0.39, 0.29) is 6.42 Å². The van der Waals surface area contributed by atoms with E-state index in [1.54, 1.807) is 26.5 Å². The average molecular weight is 422 g/mol. The van der Waals surface area contributed by atoms with Crippen molar-refractivity contribution in [1.82, 2.24) is 0 Å². The minimum Gasteiger partial charge on any atom is -0.497 e. The number of rotatable bonds is 7. The minimum atomic E-state index is -0.866. The quantitative estimate of drug-likeness (QED) is 0.421. The smallest absolute Gasteiger partial charge is 0.336 e. The molecule has 1 N–H and O–H groups in total. The first-order chi connectivity index (χ1) is 14.9. The largest absolute Gasteiger partial charge is 0.497 e. The Morgan fingerprint density at radius 2 is 1.84 bits per heavy atom. The zero-order valence-corrected chi connectivity index (χ0v) is 17.5. The molecule has 31 heavy (non-hydrogen) atoms. The SMILES string of the molecule is COc1ccc(-c2coc3c(C)c4oc(=O)cc(CCCC(=O)O)c4cc23)c(OC)c1. The van der Waals surface area contributed by atoms with Gasteiger partial charge in [-0.25, -0.2) is 4.79 Å². The zero-order chi connectivity index (χ0) is 22.1. The molecule has 0 saturated carbocycles. The number of carboxylic acid groups (broad SMARTS) is 1. The summed E-state index contributed by atoms with van der Waals surface area (Å²) in [5.74, 6) is 0.452. The predicted molar refractivity (Wildman–Crippen MR) is 116 cm³/mol. The standard InChI is InChI=1S/C24H22O7/c1-13-23-18(19(12-30-23)16-8-7-15(28-2)10-20(16)29-3)11-17-14(5-4-6-21(25)26)9-22(27)31-24(13)17/h7-12H,4-6H2,1-3H3,(H,25,26). The lowest BCUT2D eigenvalue weighted by Crippen LogP contribution is -2.03. The number of benzene rings is 2. The summed E-state index contributed by atoms with van der Waals surface area (Å²) < 4.78 is 22.2. The van der Waals surface area contributed by atoms with Crippen molar-refractivity contribution in [3.8, 4) is 22.6 Å². The molecule has 0 saturated heterocycles. The highest BCUT2D eigenvalue weighted by Crippen LogP contribution is 2.41. The Morgan fingerprint density at radius 1 is 1.03 bits per heavy atom. The number of carbonyl (C=O) groups is 1. The molecule has 2 heterocycles. The van der Waals surface area contributed by atoms with Gasteiger partial charge in [0, 0.05) is 46.0 Å². The van der Waals surface area contributed by atoms with Gasteiger partial charge in [-0.05, 0) is 43.5 Å². The molecule has 7 heteroatoms. The molecule has 4 rings (SSSR count). The van der Waals surface area contributed by atoms with Gasteiger partial charge in [0.25, 0.3) is 0 Å². The number of aryl methyl sites for hydroxylation is 2. The molecule has 0 unspecified atom stereocenters. The van der Waals surface area contributed by atoms with E-state index in [1.165, 1.54) is 6.07 Å². The highest BCUT2D eigenvalue weighted by molar-refractivity contribution is 6.05. The highest BCUT2D eigenvalue weighted by Gasteiger charge is 2.19. The van der Waals surface area contributed by atoms with Crippen molar-refractivity contribution >= 4 is 27.9 Å². The van der Waals surface area contributed by atoms with Gasteiger partial charge >= 0.3 is 11.6 Å². The maximum absolute atomic E-state index is 12.1. The van der Waals surface area contributed by atoms with Crippen molar-refractivity contribution < 1.29 is 28.2 Å². The van der Waals surface area contributed by atoms with Crippen LogP contribution >= 0.6 is 0 Å². The number of fused-ring (bicyclic) bond motifs is 2. The molecule has 0 radical (unpaired) electrons. The van der Waals surface area contributed by atoms with Gasteiger partial charge in [0.2, 0.25) is 0 Å². The van der Waals surface area contributed by atoms with E-state index in [0.717, 1.165) is 27.5 Å². The van der Waals surface area contributed by atoms with E-state index >= 15 is 0 Å². The van der Waals surface area contributed by atoms with Crippen LogP contribution in [0.4, 0.5) is 0 Å². The second-order valence-corrected chi connectivity index (χ2v) is 7.31. The molecule has 0 aliphatic rings. The number of furan rings is 1. The molecule has 0 aliphatic heterocycles. The maximum atomic E-state index is 12.1. The summed E-state index contributed by atoms with van der Waals surface area (Å²) in [5.41, 5.74) is 3.74. The first-order valence-electron chi connectivity index (χ1n) is 9.84. The van der Waals surface area contributed by atoms with E-state index in [4.69, 9.17) is 23.4 Å². The van der Waals surface area contributed by atoms with Gasteiger partial charge in [0.05, 0.1) is 20.5 Å². The van der Waals surface area contributed by atoms with E-state index in [1.807, 2.05) is 25.1 Å². The molecule has 4 aromatic rings. The summed E-state index contributed by atoms with van der Waals surface area (Å²) in [4.78, 5) is 23.0. The van der Waals surface area contributed by atoms with E-state index in [0.29, 0.717) is 41.1 Å². The van der Waals surface area contributed by atoms with Gasteiger partial charge in [0.1, 0.15) is 22.7 Å². The number of aliphatic carboxylic acids is 1. The molecular formula is C24H22O7. The number of hydrogen-bond acceptors (Lipinski definition) is 6. The zero-order valence-electron chi connectivity index (χ0n) is 17.5. The van der Waals surface area contributed by atoms with Crippen molar-refractivity contribution in [2.45, 2.75) is 26.2 Å². The summed E-state index contributed by atoms with van der Waals surface area (Å²) >= 11 is 0. The third-order valence-electron chi connectivity index (χ3n) is 5.42. The van der Waals surface area contributed by atoms with E-state index < -0.39 is 11.6 Å². The molecule has 0 amide bonds. The topological polar surface area (TPSA) is 99.1 Å². The second kappa shape index (κ2) is 8.18. The van der Waals surface area contributed by atoms with Gasteiger partial charge in [-0.15, -0.1) is 0 Å². The van der Waals surface area contributed by atoms with Crippen LogP contribution in [0.25, 0.3) is 33.1 Å². The van der Waals surface area contributed by atoms with Gasteiger partial charge in [0.15, 0.2) is 0 Å². The molecule has 2 aromatic heterocycles. The third kappa shape index (κ3) is 3.74. The van der Waals surface area contributed by atoms with Crippen LogP contribution in [0.5, 0.6) is 11.5 Å². The lowest BCUT2D eigenvalue weighted by Gasteiger charge is -2.11. The summed E-state index contributed by atoms with van der Waals surface area (Å²) in [6.45, 7) is 1.84. The molecule has 160 valence electrons. The number of ether oxygens (including phenoxy) is 2. The maximum Gasteiger partial charge on any atom is 0.336 e. The lowest BCUT2D eigenvalue weighted by molar-refractivity contribution is -0.137. The fraction of sp³-hybridized carbons (Fsp3) is 0.250. The lowest BCUT2D eigenvalue weighted by atomic mass is 9.97. The van der Waals surface area contributed by atoms with Crippen molar-refractivity contribution in [1.29, 1.82) is 0 Å². The Balaban J connectivity index is 1.93. The third-order valence-corrected chi connectivity index (χ3v) is 5.42. The fourth-order valence-electron chi connectivity index (χ4n) is 3.90. The minimum absolute atomic E-state index is 0.0307. The van der Waals surface area contributed by atoms with Crippen molar-refractivity contribution in [2.75, 3.05) is 14.2 Å². The highest BCUT2D eigenvalue weighted by atomic mass is 16.5. The first-order valence-corrected chi connectivity index (χ1v) is 9.84. The monoisotopic (exact) mass is 422 g/mol. The van der Waals surface area contributed by atoms with Crippen molar-refractivity contribution in [2.24, 2.45) is 0 Å². The van der Waals surface area contributed by atoms with Gasteiger partial charge < -0.3 is 23.4 Å². The molecule has 0 fully saturated rings. The van der Waals surface area contributed by atoms with Crippen LogP contribution in [-0.2, 0) is 11.2 Å². The Bertz CT molecular complexity index is 1340. The number of carboxylic acids is 1. The van der Waals surface area contributed by atoms with Crippen LogP contribution in [-0.4, -0.2) is 25.3 Å². The normalized spacial score (nSPS) is 11.2. The van der Waals surface area contributed by atoms with Gasteiger partial charge in [-0.3, -0.25) is 4.79 Å². The summed E-state index contributed by atoms with van der Waals surface area (Å²) in [6.07, 6.45) is 2.57. The van der Waals surface area contributed by atoms with E-state index in [9.17, 15) is 9.59 Å². The molecule has 0 bridgehead atoms. The molecule has 7 nitrogen and oxygen atoms in total. The van der Waals surface area contributed by atoms with Crippen LogP contribution in [0.2, 0.25) is 0 Å². The van der Waals surface area contributed by atoms with Gasteiger partial charge in [-0.1, -0.05) is 0 Å². The van der Waals surface area contributed by atoms with Crippen LogP contribution in [0.3, 0.4) is 0 Å². The van der Waals surface area contributed by atoms with Gasteiger partial charge in [-0.2, -0.15) is 0 Å². The van der Waals surface area contributed by atoms with Crippen molar-refractivity contribution in [3.05, 3.63) is 58.1 Å². The summed E-state index contributed by atoms with van der Waals surface area (Å²) in [5, 5.41) is 10.6. The van der Waals surface area contributed by atoms with Crippen LogP contribution in [0.15, 0.2) is 50.2 Å². The fourth-order valence-corrected chi connectivity index (χ4v) is 3.90. The average Bonchev–Trinajstić information content (AvgIpc) is 3.17. The molecule has 0 aliphatic carbocycles. The first kappa shape index (κ1) is 20.5. The number of methoxy groups -OCH3 is 2. The molecular weight excluding hydrogens is 400 g/mol. The Morgan fingerprint density at radius 3 is 2.55 bits per heavy atom. The second-order valence-electron chi connectivity index (χ2n) is 7.31. The molecule has 0 spiro atoms. The molecule has 0 atom stereocenters. The Hall–Kier alpha value is -3.74. The Kier molecular flexibility index (Phi) is 5.42. The van der Waals surface area contributed by atoms with Crippen LogP contribution in [0.1, 0.15) is 24.0 Å². The van der Waals surface area contributed by atoms with Crippen molar-refractivity contribution in [3.63, 3.8) is 0 Å². The van der Waals surface area contributed by atoms with Crippen LogP contribution in [0, 0.1) is 6.92 Å². The summed E-state index contributed by atoms with van der Waals surface area (Å²) in [6, 6.07) is 8.92. The van der Waals surface area contributed by atoms with E-state index in [2.05, 4.69) is 0 Å². The van der Waals surface area contributed by atoms with Crippen LogP contribution < -0.4 is 15.1 Å². The summed E-state index contributed by atoms with van der Waals surface area (Å²) in [7, 11) is 3.19. The Labute approximate surface area is 177 Å². The predicted octanol–water partition coefficient (Wildman–Crippen LogP) is 4.94.